The Hall–Kier alpha value is -2.68. The number of hydrogen-bond acceptors (Lipinski definition) is 7. The predicted molar refractivity (Wildman–Crippen MR) is 118 cm³/mol. The topological polar surface area (TPSA) is 116 Å². The van der Waals surface area contributed by atoms with Gasteiger partial charge in [0.25, 0.3) is 0 Å². The summed E-state index contributed by atoms with van der Waals surface area (Å²) >= 11 is 0. The molecule has 0 spiro atoms. The van der Waals surface area contributed by atoms with Gasteiger partial charge in [0.1, 0.15) is 0 Å². The molecule has 0 unspecified atom stereocenters. The zero-order valence-electron chi connectivity index (χ0n) is 20.1. The van der Waals surface area contributed by atoms with Crippen molar-refractivity contribution in [2.24, 2.45) is 11.8 Å². The quantitative estimate of drug-likeness (QED) is 0.551. The molecule has 2 saturated heterocycles. The average molecular weight is 544 g/mol. The number of piperidine rings is 1. The van der Waals surface area contributed by atoms with Crippen molar-refractivity contribution >= 4 is 17.9 Å². The lowest BCUT2D eigenvalue weighted by molar-refractivity contribution is -0.193. The van der Waals surface area contributed by atoms with Crippen molar-refractivity contribution in [2.45, 2.75) is 51.1 Å². The summed E-state index contributed by atoms with van der Waals surface area (Å²) < 4.78 is 69.7. The van der Waals surface area contributed by atoms with Crippen LogP contribution in [0.5, 0.6) is 0 Å². The Morgan fingerprint density at radius 1 is 0.973 bits per heavy atom. The lowest BCUT2D eigenvalue weighted by Gasteiger charge is -2.38. The number of carbonyl (C=O) groups is 2. The first kappa shape index (κ1) is 30.5. The molecular formula is C22H30F6N4O5. The summed E-state index contributed by atoms with van der Waals surface area (Å²) in [6.07, 6.45) is -0.754. The van der Waals surface area contributed by atoms with Crippen LogP contribution in [-0.4, -0.2) is 94.8 Å². The molecule has 0 bridgehead atoms. The van der Waals surface area contributed by atoms with Gasteiger partial charge in [-0.25, -0.2) is 19.6 Å². The van der Waals surface area contributed by atoms with E-state index in [-0.39, 0.29) is 0 Å². The minimum absolute atomic E-state index is 0.391. The number of carboxylic acid groups (broad SMARTS) is 2. The van der Waals surface area contributed by atoms with Crippen LogP contribution in [0.4, 0.5) is 32.3 Å². The molecular weight excluding hydrogens is 514 g/mol. The zero-order valence-corrected chi connectivity index (χ0v) is 20.1. The first-order valence-electron chi connectivity index (χ1n) is 11.7. The molecule has 1 aliphatic carbocycles. The molecule has 0 amide bonds. The van der Waals surface area contributed by atoms with Crippen LogP contribution in [0.3, 0.4) is 0 Å². The maximum Gasteiger partial charge on any atom is 0.490 e. The second kappa shape index (κ2) is 13.2. The highest BCUT2D eigenvalue weighted by atomic mass is 19.4. The van der Waals surface area contributed by atoms with E-state index in [0.717, 1.165) is 44.5 Å². The molecule has 15 heteroatoms. The Morgan fingerprint density at radius 2 is 1.51 bits per heavy atom. The van der Waals surface area contributed by atoms with E-state index in [1.807, 2.05) is 12.4 Å². The zero-order chi connectivity index (χ0) is 27.8. The van der Waals surface area contributed by atoms with E-state index in [0.29, 0.717) is 12.0 Å². The number of rotatable bonds is 4. The van der Waals surface area contributed by atoms with E-state index < -0.39 is 24.3 Å². The van der Waals surface area contributed by atoms with Gasteiger partial charge in [-0.1, -0.05) is 6.92 Å². The first-order valence-corrected chi connectivity index (χ1v) is 11.7. The first-order chi connectivity index (χ1) is 17.2. The van der Waals surface area contributed by atoms with Gasteiger partial charge in [0.2, 0.25) is 5.95 Å². The predicted octanol–water partition coefficient (Wildman–Crippen LogP) is 3.24. The molecule has 2 N–H and O–H groups in total. The monoisotopic (exact) mass is 544 g/mol. The van der Waals surface area contributed by atoms with Gasteiger partial charge in [0.15, 0.2) is 0 Å². The maximum atomic E-state index is 10.6. The van der Waals surface area contributed by atoms with Gasteiger partial charge in [-0.3, -0.25) is 0 Å². The Balaban J connectivity index is 0.000000286. The van der Waals surface area contributed by atoms with E-state index in [9.17, 15) is 26.3 Å². The second-order valence-electron chi connectivity index (χ2n) is 8.96. The Bertz CT molecular complexity index is 856. The van der Waals surface area contributed by atoms with Gasteiger partial charge in [-0.15, -0.1) is 0 Å². The van der Waals surface area contributed by atoms with Crippen molar-refractivity contribution in [1.82, 2.24) is 14.9 Å². The summed E-state index contributed by atoms with van der Waals surface area (Å²) in [6.45, 7) is 8.50. The molecule has 37 heavy (non-hydrogen) atoms. The summed E-state index contributed by atoms with van der Waals surface area (Å²) in [7, 11) is 0. The van der Waals surface area contributed by atoms with Gasteiger partial charge in [-0.05, 0) is 43.7 Å². The Kier molecular flexibility index (Phi) is 10.9. The molecule has 2 atom stereocenters. The van der Waals surface area contributed by atoms with Crippen LogP contribution in [0.25, 0.3) is 0 Å². The summed E-state index contributed by atoms with van der Waals surface area (Å²) in [4.78, 5) is 31.9. The molecule has 4 rings (SSSR count). The molecule has 0 radical (unpaired) electrons. The van der Waals surface area contributed by atoms with Crippen molar-refractivity contribution in [3.8, 4) is 0 Å². The molecule has 1 aromatic heterocycles. The van der Waals surface area contributed by atoms with E-state index in [2.05, 4.69) is 26.7 Å². The molecule has 9 nitrogen and oxygen atoms in total. The van der Waals surface area contributed by atoms with Gasteiger partial charge < -0.3 is 24.7 Å². The van der Waals surface area contributed by atoms with Crippen LogP contribution in [-0.2, 0) is 20.7 Å². The Morgan fingerprint density at radius 3 is 1.97 bits per heavy atom. The minimum atomic E-state index is -5.08. The lowest BCUT2D eigenvalue weighted by atomic mass is 9.93. The third-order valence-corrected chi connectivity index (χ3v) is 6.01. The molecule has 1 saturated carbocycles. The fourth-order valence-electron chi connectivity index (χ4n) is 3.82. The number of likely N-dealkylation sites (tertiary alicyclic amines) is 1. The highest BCUT2D eigenvalue weighted by Crippen LogP contribution is 2.32. The maximum absolute atomic E-state index is 10.6. The normalized spacial score (nSPS) is 22.4. The van der Waals surface area contributed by atoms with Crippen LogP contribution >= 0.6 is 0 Å². The molecule has 3 heterocycles. The van der Waals surface area contributed by atoms with Gasteiger partial charge in [0.05, 0.1) is 12.7 Å². The molecule has 2 aliphatic heterocycles. The Labute approximate surface area is 209 Å². The number of aryl methyl sites for hydroxylation is 1. The number of carboxylic acids is 2. The number of aliphatic carboxylic acids is 2. The number of anilines is 1. The van der Waals surface area contributed by atoms with Crippen LogP contribution in [0.15, 0.2) is 12.4 Å². The molecule has 0 aromatic carbocycles. The van der Waals surface area contributed by atoms with Crippen molar-refractivity contribution in [3.05, 3.63) is 18.0 Å². The van der Waals surface area contributed by atoms with E-state index in [4.69, 9.17) is 24.5 Å². The van der Waals surface area contributed by atoms with E-state index in [1.54, 1.807) is 0 Å². The highest BCUT2D eigenvalue weighted by molar-refractivity contribution is 5.73. The molecule has 3 aliphatic rings. The summed E-state index contributed by atoms with van der Waals surface area (Å²) in [6, 6.07) is 0. The number of fused-ring (bicyclic) bond motifs is 1. The van der Waals surface area contributed by atoms with E-state index in [1.165, 1.54) is 37.9 Å². The SMILES string of the molecule is CCc1cnc(N2CCO[C@@H]3CN(CC4CC4)CC[C@@H]3C2)nc1.O=C(O)C(F)(F)F.O=C(O)C(F)(F)F. The van der Waals surface area contributed by atoms with Crippen molar-refractivity contribution in [1.29, 1.82) is 0 Å². The summed E-state index contributed by atoms with van der Waals surface area (Å²) in [5.74, 6) is -3.06. The van der Waals surface area contributed by atoms with Crippen LogP contribution < -0.4 is 4.90 Å². The van der Waals surface area contributed by atoms with Gasteiger partial charge >= 0.3 is 24.3 Å². The summed E-state index contributed by atoms with van der Waals surface area (Å²) in [5.41, 5.74) is 1.20. The second-order valence-corrected chi connectivity index (χ2v) is 8.96. The third-order valence-electron chi connectivity index (χ3n) is 6.01. The number of ether oxygens (including phenoxy) is 1. The number of aromatic nitrogens is 2. The molecule has 1 aromatic rings. The molecule has 210 valence electrons. The van der Waals surface area contributed by atoms with Crippen molar-refractivity contribution in [2.75, 3.05) is 44.2 Å². The van der Waals surface area contributed by atoms with Crippen LogP contribution in [0.2, 0.25) is 0 Å². The van der Waals surface area contributed by atoms with Gasteiger partial charge in [0, 0.05) is 44.5 Å². The lowest BCUT2D eigenvalue weighted by Crippen LogP contribution is -2.47. The van der Waals surface area contributed by atoms with E-state index >= 15 is 0 Å². The largest absolute Gasteiger partial charge is 0.490 e. The smallest absolute Gasteiger partial charge is 0.475 e. The average Bonchev–Trinajstić information content (AvgIpc) is 3.65. The number of hydrogen-bond donors (Lipinski definition) is 2. The van der Waals surface area contributed by atoms with Gasteiger partial charge in [-0.2, -0.15) is 26.3 Å². The standard InChI is InChI=1S/C18H28N4O.2C2HF3O2/c1-2-14-9-19-18(20-10-14)22-7-8-23-17-13-21(11-15-3-4-15)6-5-16(17)12-22;2*3-2(4,5)1(6)7/h9-10,15-17H,2-8,11-13H2,1H3;2*(H,6,7)/t16-,17-;;/m1../s1. The third kappa shape index (κ3) is 10.7. The van der Waals surface area contributed by atoms with Crippen LogP contribution in [0, 0.1) is 11.8 Å². The summed E-state index contributed by atoms with van der Waals surface area (Å²) in [5, 5.41) is 14.2. The van der Waals surface area contributed by atoms with Crippen LogP contribution in [0.1, 0.15) is 31.7 Å². The molecule has 3 fully saturated rings. The fourth-order valence-corrected chi connectivity index (χ4v) is 3.82. The van der Waals surface area contributed by atoms with Crippen molar-refractivity contribution in [3.63, 3.8) is 0 Å². The minimum Gasteiger partial charge on any atom is -0.475 e. The number of alkyl halides is 6. The number of halogens is 6. The fraction of sp³-hybridized carbons (Fsp3) is 0.727. The highest BCUT2D eigenvalue weighted by Gasteiger charge is 2.39. The number of nitrogens with zero attached hydrogens (tertiary/aromatic N) is 4. The van der Waals surface area contributed by atoms with Crippen molar-refractivity contribution < 1.29 is 50.9 Å².